The van der Waals surface area contributed by atoms with Crippen LogP contribution >= 0.6 is 11.6 Å². The van der Waals surface area contributed by atoms with Gasteiger partial charge in [0.05, 0.1) is 5.02 Å². The highest BCUT2D eigenvalue weighted by atomic mass is 35.5. The van der Waals surface area contributed by atoms with Crippen LogP contribution in [0.5, 0.6) is 0 Å². The molecule has 0 amide bonds. The van der Waals surface area contributed by atoms with E-state index in [4.69, 9.17) is 11.6 Å². The number of pyridine rings is 1. The summed E-state index contributed by atoms with van der Waals surface area (Å²) < 4.78 is 26.7. The van der Waals surface area contributed by atoms with Gasteiger partial charge in [-0.05, 0) is 25.6 Å². The van der Waals surface area contributed by atoms with Gasteiger partial charge in [0.2, 0.25) is 10.0 Å². The highest BCUT2D eigenvalue weighted by molar-refractivity contribution is 7.89. The maximum atomic E-state index is 12.6. The van der Waals surface area contributed by atoms with E-state index >= 15 is 0 Å². The molecule has 5 nitrogen and oxygen atoms in total. The Hall–Kier alpha value is -0.690. The van der Waals surface area contributed by atoms with Gasteiger partial charge in [-0.3, -0.25) is 9.88 Å². The number of halogens is 1. The van der Waals surface area contributed by atoms with Gasteiger partial charge in [-0.2, -0.15) is 4.31 Å². The molecule has 2 heterocycles. The summed E-state index contributed by atoms with van der Waals surface area (Å²) in [4.78, 5) is 6.26. The maximum Gasteiger partial charge on any atom is 0.246 e. The standard InChI is InChI=1S/C13H20ClN3O2S/c1-3-16(4-2)11-6-8-17(10-11)20(18,19)13-9-15-7-5-12(13)14/h5,7,9,11H,3-4,6,8,10H2,1-2H3. The normalized spacial score (nSPS) is 20.7. The number of rotatable bonds is 5. The third-order valence-corrected chi connectivity index (χ3v) is 6.14. The molecule has 0 bridgehead atoms. The van der Waals surface area contributed by atoms with Gasteiger partial charge in [0, 0.05) is 31.5 Å². The van der Waals surface area contributed by atoms with Gasteiger partial charge in [0.15, 0.2) is 0 Å². The lowest BCUT2D eigenvalue weighted by Gasteiger charge is -2.26. The summed E-state index contributed by atoms with van der Waals surface area (Å²) in [5.41, 5.74) is 0. The lowest BCUT2D eigenvalue weighted by Crippen LogP contribution is -2.38. The second-order valence-corrected chi connectivity index (χ2v) is 7.15. The van der Waals surface area contributed by atoms with Crippen LogP contribution in [0.1, 0.15) is 20.3 Å². The lowest BCUT2D eigenvalue weighted by molar-refractivity contribution is 0.224. The predicted molar refractivity (Wildman–Crippen MR) is 79.3 cm³/mol. The zero-order valence-electron chi connectivity index (χ0n) is 11.8. The molecular weight excluding hydrogens is 298 g/mol. The van der Waals surface area contributed by atoms with Gasteiger partial charge >= 0.3 is 0 Å². The lowest BCUT2D eigenvalue weighted by atomic mass is 10.2. The number of aromatic nitrogens is 1. The minimum absolute atomic E-state index is 0.0989. The Morgan fingerprint density at radius 3 is 2.75 bits per heavy atom. The third-order valence-electron chi connectivity index (χ3n) is 3.81. The maximum absolute atomic E-state index is 12.6. The molecule has 1 aliphatic heterocycles. The van der Waals surface area contributed by atoms with E-state index in [0.29, 0.717) is 13.1 Å². The van der Waals surface area contributed by atoms with Crippen molar-refractivity contribution in [1.29, 1.82) is 0 Å². The molecule has 1 atom stereocenters. The number of nitrogens with zero attached hydrogens (tertiary/aromatic N) is 3. The van der Waals surface area contributed by atoms with E-state index in [1.54, 1.807) is 0 Å². The Kier molecular flexibility index (Phi) is 5.01. The van der Waals surface area contributed by atoms with E-state index in [9.17, 15) is 8.42 Å². The minimum Gasteiger partial charge on any atom is -0.300 e. The van der Waals surface area contributed by atoms with E-state index in [0.717, 1.165) is 19.5 Å². The van der Waals surface area contributed by atoms with Crippen LogP contribution in [0.2, 0.25) is 5.02 Å². The molecule has 1 unspecified atom stereocenters. The van der Waals surface area contributed by atoms with Crippen molar-refractivity contribution in [2.75, 3.05) is 26.2 Å². The van der Waals surface area contributed by atoms with Gasteiger partial charge in [-0.15, -0.1) is 0 Å². The SMILES string of the molecule is CCN(CC)C1CCN(S(=O)(=O)c2cnccc2Cl)C1. The zero-order valence-corrected chi connectivity index (χ0v) is 13.4. The molecule has 0 aliphatic carbocycles. The molecule has 0 aromatic carbocycles. The second-order valence-electron chi connectivity index (χ2n) is 4.83. The average Bonchev–Trinajstić information content (AvgIpc) is 2.91. The smallest absolute Gasteiger partial charge is 0.246 e. The number of likely N-dealkylation sites (N-methyl/N-ethyl adjacent to an activating group) is 1. The Labute approximate surface area is 125 Å². The first-order valence-corrected chi connectivity index (χ1v) is 8.66. The van der Waals surface area contributed by atoms with Crippen LogP contribution < -0.4 is 0 Å². The van der Waals surface area contributed by atoms with Crippen molar-refractivity contribution >= 4 is 21.6 Å². The van der Waals surface area contributed by atoms with Gasteiger partial charge < -0.3 is 0 Å². The second kappa shape index (κ2) is 6.39. The summed E-state index contributed by atoms with van der Waals surface area (Å²) in [6.45, 7) is 7.12. The molecule has 1 aromatic heterocycles. The summed E-state index contributed by atoms with van der Waals surface area (Å²) in [5.74, 6) is 0. The quantitative estimate of drug-likeness (QED) is 0.831. The molecule has 20 heavy (non-hydrogen) atoms. The minimum atomic E-state index is -3.54. The monoisotopic (exact) mass is 317 g/mol. The largest absolute Gasteiger partial charge is 0.300 e. The summed E-state index contributed by atoms with van der Waals surface area (Å²) in [6, 6.07) is 1.79. The van der Waals surface area contributed by atoms with Crippen LogP contribution in [0.4, 0.5) is 0 Å². The summed E-state index contributed by atoms with van der Waals surface area (Å²) in [7, 11) is -3.54. The van der Waals surface area contributed by atoms with Crippen LogP contribution in [-0.4, -0.2) is 54.8 Å². The molecule has 0 N–H and O–H groups in total. The Balaban J connectivity index is 2.19. The fourth-order valence-corrected chi connectivity index (χ4v) is 4.56. The molecule has 1 saturated heterocycles. The van der Waals surface area contributed by atoms with E-state index in [1.165, 1.54) is 22.8 Å². The van der Waals surface area contributed by atoms with Crippen LogP contribution in [0.15, 0.2) is 23.4 Å². The van der Waals surface area contributed by atoms with Crippen molar-refractivity contribution in [3.8, 4) is 0 Å². The molecule has 0 radical (unpaired) electrons. The first-order chi connectivity index (χ1) is 9.50. The van der Waals surface area contributed by atoms with Crippen molar-refractivity contribution < 1.29 is 8.42 Å². The Bertz CT molecular complexity index is 560. The van der Waals surface area contributed by atoms with Crippen LogP contribution in [-0.2, 0) is 10.0 Å². The number of sulfonamides is 1. The summed E-state index contributed by atoms with van der Waals surface area (Å²) >= 11 is 5.98. The first-order valence-electron chi connectivity index (χ1n) is 6.84. The molecule has 2 rings (SSSR count). The molecule has 1 fully saturated rings. The number of hydrogen-bond donors (Lipinski definition) is 0. The third kappa shape index (κ3) is 2.98. The van der Waals surface area contributed by atoms with Crippen molar-refractivity contribution in [3.05, 3.63) is 23.5 Å². The number of hydrogen-bond acceptors (Lipinski definition) is 4. The molecule has 7 heteroatoms. The summed E-state index contributed by atoms with van der Waals surface area (Å²) in [6.07, 6.45) is 3.67. The van der Waals surface area contributed by atoms with E-state index in [-0.39, 0.29) is 16.0 Å². The van der Waals surface area contributed by atoms with E-state index in [1.807, 2.05) is 0 Å². The Morgan fingerprint density at radius 1 is 1.45 bits per heavy atom. The van der Waals surface area contributed by atoms with Crippen LogP contribution in [0.3, 0.4) is 0 Å². The predicted octanol–water partition coefficient (Wildman–Crippen LogP) is 1.84. The van der Waals surface area contributed by atoms with Crippen LogP contribution in [0.25, 0.3) is 0 Å². The highest BCUT2D eigenvalue weighted by Crippen LogP contribution is 2.27. The molecule has 112 valence electrons. The average molecular weight is 318 g/mol. The topological polar surface area (TPSA) is 53.5 Å². The van der Waals surface area contributed by atoms with Crippen molar-refractivity contribution in [3.63, 3.8) is 0 Å². The fraction of sp³-hybridized carbons (Fsp3) is 0.615. The van der Waals surface area contributed by atoms with Crippen LogP contribution in [0, 0.1) is 0 Å². The fourth-order valence-electron chi connectivity index (χ4n) is 2.66. The van der Waals surface area contributed by atoms with Gasteiger partial charge in [-0.1, -0.05) is 25.4 Å². The van der Waals surface area contributed by atoms with E-state index in [2.05, 4.69) is 23.7 Å². The molecular formula is C13H20ClN3O2S. The highest BCUT2D eigenvalue weighted by Gasteiger charge is 2.35. The molecule has 0 spiro atoms. The molecule has 1 aliphatic rings. The zero-order chi connectivity index (χ0) is 14.8. The van der Waals surface area contributed by atoms with E-state index < -0.39 is 10.0 Å². The van der Waals surface area contributed by atoms with Gasteiger partial charge in [-0.25, -0.2) is 8.42 Å². The summed E-state index contributed by atoms with van der Waals surface area (Å²) in [5, 5.41) is 0.228. The Morgan fingerprint density at radius 2 is 2.15 bits per heavy atom. The van der Waals surface area contributed by atoms with Crippen molar-refractivity contribution in [2.45, 2.75) is 31.2 Å². The molecule has 1 aromatic rings. The van der Waals surface area contributed by atoms with Gasteiger partial charge in [0.25, 0.3) is 0 Å². The van der Waals surface area contributed by atoms with Crippen molar-refractivity contribution in [1.82, 2.24) is 14.2 Å². The first kappa shape index (κ1) is 15.7. The molecule has 0 saturated carbocycles. The van der Waals surface area contributed by atoms with Crippen molar-refractivity contribution in [2.24, 2.45) is 0 Å². The van der Waals surface area contributed by atoms with Gasteiger partial charge in [0.1, 0.15) is 4.90 Å².